The largest absolute Gasteiger partial charge is 0.461 e. The van der Waals surface area contributed by atoms with Crippen LogP contribution < -0.4 is 0 Å². The molecular weight excluding hydrogens is 518 g/mol. The molecule has 2 heterocycles. The third kappa shape index (κ3) is 5.84. The van der Waals surface area contributed by atoms with Crippen molar-refractivity contribution in [2.45, 2.75) is 169 Å². The van der Waals surface area contributed by atoms with Crippen LogP contribution in [0.5, 0.6) is 0 Å². The molecule has 2 aliphatic heterocycles. The van der Waals surface area contributed by atoms with E-state index in [0.717, 1.165) is 47.3 Å². The minimum Gasteiger partial charge on any atom is -0.403 e. The predicted octanol–water partition coefficient (Wildman–Crippen LogP) is 9.57. The summed E-state index contributed by atoms with van der Waals surface area (Å²) in [6.45, 7) is 32.8. The molecule has 0 amide bonds. The van der Waals surface area contributed by atoms with Crippen LogP contribution in [0, 0.1) is 59.2 Å². The summed E-state index contributed by atoms with van der Waals surface area (Å²) in [6.07, 6.45) is 7.95. The van der Waals surface area contributed by atoms with Gasteiger partial charge in [-0.05, 0) is 165 Å². The van der Waals surface area contributed by atoms with E-state index in [1.54, 1.807) is 0 Å². The SMILES string of the molecule is CC1CC(C2CC(C)C(C3CC(C)C(B4OC(C)(C)C(C)(C)O4)CC3C)CC2C)C(C)CC1B1OC(C)(C)C(C)(C)O1. The maximum Gasteiger partial charge on any atom is 0.461 e. The van der Waals surface area contributed by atoms with Gasteiger partial charge in [-0.25, -0.2) is 0 Å². The molecule has 0 aromatic carbocycles. The van der Waals surface area contributed by atoms with Crippen molar-refractivity contribution in [3.05, 3.63) is 0 Å². The van der Waals surface area contributed by atoms with Crippen LogP contribution in [0.3, 0.4) is 0 Å². The number of rotatable bonds is 4. The lowest BCUT2D eigenvalue weighted by atomic mass is 9.49. The van der Waals surface area contributed by atoms with E-state index in [0.29, 0.717) is 23.5 Å². The second kappa shape index (κ2) is 11.3. The summed E-state index contributed by atoms with van der Waals surface area (Å²) in [5.41, 5.74) is -0.953. The van der Waals surface area contributed by atoms with Crippen molar-refractivity contribution in [1.82, 2.24) is 0 Å². The molecule has 5 rings (SSSR count). The second-order valence-electron chi connectivity index (χ2n) is 18.5. The molecule has 0 spiro atoms. The first-order valence-corrected chi connectivity index (χ1v) is 18.0. The molecule has 0 N–H and O–H groups in total. The molecule has 0 radical (unpaired) electrons. The normalized spacial score (nSPS) is 48.4. The van der Waals surface area contributed by atoms with Gasteiger partial charge in [-0.15, -0.1) is 0 Å². The van der Waals surface area contributed by atoms with E-state index >= 15 is 0 Å². The molecule has 0 bridgehead atoms. The first-order chi connectivity index (χ1) is 19.2. The average Bonchev–Trinajstić information content (AvgIpc) is 3.22. The van der Waals surface area contributed by atoms with E-state index in [1.807, 2.05) is 0 Å². The van der Waals surface area contributed by atoms with E-state index in [4.69, 9.17) is 18.6 Å². The summed E-state index contributed by atoms with van der Waals surface area (Å²) in [5, 5.41) is 0. The first-order valence-electron chi connectivity index (χ1n) is 18.0. The molecule has 0 aromatic rings. The standard InChI is InChI=1S/C36H66B2O4/c1-21-15-28(30-18-26(6)32(20-24(30)4)38-41-35(11,12)36(13,14)42-38)22(2)16-27(21)29-17-25(5)31(19-23(29)3)37-39-33(7,8)34(9,10)40-37/h21-32H,15-20H2,1-14H3. The number of hydrogen-bond donors (Lipinski definition) is 0. The number of hydrogen-bond acceptors (Lipinski definition) is 4. The molecule has 12 atom stereocenters. The Balaban J connectivity index is 1.20. The van der Waals surface area contributed by atoms with Gasteiger partial charge in [0.25, 0.3) is 0 Å². The zero-order valence-electron chi connectivity index (χ0n) is 30.0. The van der Waals surface area contributed by atoms with E-state index in [2.05, 4.69) is 96.9 Å². The highest BCUT2D eigenvalue weighted by molar-refractivity contribution is 6.48. The van der Waals surface area contributed by atoms with Crippen LogP contribution in [0.25, 0.3) is 0 Å². The Labute approximate surface area is 261 Å². The van der Waals surface area contributed by atoms with Gasteiger partial charge in [0.1, 0.15) is 0 Å². The molecule has 240 valence electrons. The van der Waals surface area contributed by atoms with Crippen molar-refractivity contribution in [3.63, 3.8) is 0 Å². The van der Waals surface area contributed by atoms with Gasteiger partial charge in [-0.3, -0.25) is 0 Å². The van der Waals surface area contributed by atoms with Gasteiger partial charge in [-0.1, -0.05) is 41.5 Å². The van der Waals surface area contributed by atoms with Gasteiger partial charge >= 0.3 is 14.2 Å². The van der Waals surface area contributed by atoms with Crippen molar-refractivity contribution in [1.29, 1.82) is 0 Å². The summed E-state index contributed by atoms with van der Waals surface area (Å²) in [5.74, 6) is 8.73. The Morgan fingerprint density at radius 2 is 0.571 bits per heavy atom. The molecule has 5 fully saturated rings. The summed E-state index contributed by atoms with van der Waals surface area (Å²) < 4.78 is 26.3. The molecular formula is C36H66B2O4. The fourth-order valence-electron chi connectivity index (χ4n) is 10.3. The fraction of sp³-hybridized carbons (Fsp3) is 1.00. The Bertz CT molecular complexity index is 856. The van der Waals surface area contributed by atoms with E-state index in [9.17, 15) is 0 Å². The average molecular weight is 585 g/mol. The highest BCUT2D eigenvalue weighted by Gasteiger charge is 2.58. The van der Waals surface area contributed by atoms with Gasteiger partial charge < -0.3 is 18.6 Å². The Hall–Kier alpha value is -0.0301. The maximum atomic E-state index is 6.56. The van der Waals surface area contributed by atoms with Crippen LogP contribution in [-0.4, -0.2) is 36.6 Å². The van der Waals surface area contributed by atoms with Crippen molar-refractivity contribution >= 4 is 14.2 Å². The van der Waals surface area contributed by atoms with Gasteiger partial charge in [0, 0.05) is 0 Å². The molecule has 12 unspecified atom stereocenters. The van der Waals surface area contributed by atoms with Crippen LogP contribution in [0.15, 0.2) is 0 Å². The summed E-state index contributed by atoms with van der Waals surface area (Å²) in [6, 6.07) is 0. The van der Waals surface area contributed by atoms with E-state index in [1.165, 1.54) is 38.5 Å². The summed E-state index contributed by atoms with van der Waals surface area (Å²) in [7, 11) is -0.118. The van der Waals surface area contributed by atoms with E-state index < -0.39 is 0 Å². The van der Waals surface area contributed by atoms with Crippen LogP contribution in [0.2, 0.25) is 11.6 Å². The lowest BCUT2D eigenvalue weighted by Crippen LogP contribution is -2.45. The molecule has 0 aromatic heterocycles. The second-order valence-corrected chi connectivity index (χ2v) is 18.5. The lowest BCUT2D eigenvalue weighted by Gasteiger charge is -2.52. The van der Waals surface area contributed by atoms with Gasteiger partial charge in [-0.2, -0.15) is 0 Å². The third-order valence-corrected chi connectivity index (χ3v) is 14.6. The van der Waals surface area contributed by atoms with Crippen LogP contribution in [0.1, 0.15) is 135 Å². The highest BCUT2D eigenvalue weighted by atomic mass is 16.7. The minimum atomic E-state index is -0.238. The Morgan fingerprint density at radius 3 is 0.833 bits per heavy atom. The minimum absolute atomic E-state index is 0.0590. The lowest BCUT2D eigenvalue weighted by molar-refractivity contribution is -0.00941. The fourth-order valence-corrected chi connectivity index (χ4v) is 10.3. The van der Waals surface area contributed by atoms with E-state index in [-0.39, 0.29) is 36.6 Å². The Kier molecular flexibility index (Phi) is 9.00. The van der Waals surface area contributed by atoms with Gasteiger partial charge in [0.2, 0.25) is 0 Å². The first kappa shape index (κ1) is 33.3. The van der Waals surface area contributed by atoms with Crippen LogP contribution >= 0.6 is 0 Å². The molecule has 6 heteroatoms. The van der Waals surface area contributed by atoms with Crippen LogP contribution in [-0.2, 0) is 18.6 Å². The molecule has 42 heavy (non-hydrogen) atoms. The quantitative estimate of drug-likeness (QED) is 0.309. The van der Waals surface area contributed by atoms with Crippen molar-refractivity contribution in [2.24, 2.45) is 59.2 Å². The third-order valence-electron chi connectivity index (χ3n) is 14.6. The zero-order chi connectivity index (χ0) is 31.2. The van der Waals surface area contributed by atoms with Gasteiger partial charge in [0.05, 0.1) is 22.4 Å². The van der Waals surface area contributed by atoms with Crippen LogP contribution in [0.4, 0.5) is 0 Å². The van der Waals surface area contributed by atoms with Crippen molar-refractivity contribution in [3.8, 4) is 0 Å². The topological polar surface area (TPSA) is 36.9 Å². The molecule has 3 saturated carbocycles. The Morgan fingerprint density at radius 1 is 0.357 bits per heavy atom. The highest BCUT2D eigenvalue weighted by Crippen LogP contribution is 2.57. The monoisotopic (exact) mass is 585 g/mol. The zero-order valence-corrected chi connectivity index (χ0v) is 30.0. The molecule has 3 aliphatic carbocycles. The molecule has 2 saturated heterocycles. The van der Waals surface area contributed by atoms with Crippen molar-refractivity contribution < 1.29 is 18.6 Å². The smallest absolute Gasteiger partial charge is 0.403 e. The summed E-state index contributed by atoms with van der Waals surface area (Å²) in [4.78, 5) is 0. The maximum absolute atomic E-state index is 6.56. The molecule has 5 aliphatic rings. The summed E-state index contributed by atoms with van der Waals surface area (Å²) >= 11 is 0. The molecule has 4 nitrogen and oxygen atoms in total. The van der Waals surface area contributed by atoms with Crippen molar-refractivity contribution in [2.75, 3.05) is 0 Å². The van der Waals surface area contributed by atoms with Gasteiger partial charge in [0.15, 0.2) is 0 Å². The predicted molar refractivity (Wildman–Crippen MR) is 176 cm³/mol.